The highest BCUT2D eigenvalue weighted by Crippen LogP contribution is 2.22. The topological polar surface area (TPSA) is 141 Å². The van der Waals surface area contributed by atoms with Crippen LogP contribution in [0.5, 0.6) is 0 Å². The van der Waals surface area contributed by atoms with Crippen LogP contribution in [-0.2, 0) is 36.1 Å². The van der Waals surface area contributed by atoms with Crippen molar-refractivity contribution < 1.29 is 19.5 Å². The van der Waals surface area contributed by atoms with Crippen LogP contribution in [0.3, 0.4) is 0 Å². The van der Waals surface area contributed by atoms with Crippen LogP contribution >= 0.6 is 0 Å². The number of likely N-dealkylation sites (tertiary alicyclic amines) is 1. The van der Waals surface area contributed by atoms with Gasteiger partial charge in [-0.1, -0.05) is 71.9 Å². The standard InChI is InChI=1S/C31H35N7O4/c1-37-27-15-13-23(16-26(27)35-36-37)19-33-29(39)28-17-24(32-18-22-10-6-3-7-11-22)20-38(28)30(40)25(34-31(41)42)14-12-21-8-4-2-5-9-21/h2-11,13,15-16,24-25,28,32,34H,12,14,17-20H2,1H3,(H,33,39)(H,41,42)/t24-,25?,28-/m0/s1. The van der Waals surface area contributed by atoms with Gasteiger partial charge in [0.2, 0.25) is 11.8 Å². The molecule has 3 amide bonds. The van der Waals surface area contributed by atoms with Gasteiger partial charge in [-0.3, -0.25) is 9.59 Å². The molecule has 4 N–H and O–H groups in total. The molecule has 11 nitrogen and oxygen atoms in total. The van der Waals surface area contributed by atoms with E-state index in [0.29, 0.717) is 25.9 Å². The Hall–Kier alpha value is -4.77. The van der Waals surface area contributed by atoms with E-state index >= 15 is 0 Å². The highest BCUT2D eigenvalue weighted by molar-refractivity contribution is 5.92. The minimum absolute atomic E-state index is 0.138. The molecule has 5 rings (SSSR count). The van der Waals surface area contributed by atoms with Crippen molar-refractivity contribution in [2.45, 2.75) is 50.5 Å². The molecule has 218 valence electrons. The predicted octanol–water partition coefficient (Wildman–Crippen LogP) is 2.61. The molecule has 0 aliphatic carbocycles. The third kappa shape index (κ3) is 7.10. The summed E-state index contributed by atoms with van der Waals surface area (Å²) >= 11 is 0. The van der Waals surface area contributed by atoms with E-state index in [-0.39, 0.29) is 24.9 Å². The fourth-order valence-electron chi connectivity index (χ4n) is 5.40. The van der Waals surface area contributed by atoms with Gasteiger partial charge in [-0.2, -0.15) is 0 Å². The Balaban J connectivity index is 1.30. The van der Waals surface area contributed by atoms with Gasteiger partial charge in [0.15, 0.2) is 0 Å². The molecular weight excluding hydrogens is 534 g/mol. The van der Waals surface area contributed by atoms with Gasteiger partial charge in [-0.05, 0) is 48.1 Å². The Morgan fingerprint density at radius 2 is 1.67 bits per heavy atom. The van der Waals surface area contributed by atoms with Crippen LogP contribution in [0.1, 0.15) is 29.5 Å². The van der Waals surface area contributed by atoms with Crippen LogP contribution < -0.4 is 16.0 Å². The van der Waals surface area contributed by atoms with E-state index in [0.717, 1.165) is 27.7 Å². The van der Waals surface area contributed by atoms with E-state index in [1.165, 1.54) is 4.90 Å². The number of carbonyl (C=O) groups is 3. The Morgan fingerprint density at radius 3 is 2.38 bits per heavy atom. The molecule has 1 fully saturated rings. The lowest BCUT2D eigenvalue weighted by atomic mass is 10.0. The maximum atomic E-state index is 13.8. The Bertz CT molecular complexity index is 1530. The summed E-state index contributed by atoms with van der Waals surface area (Å²) in [5.41, 5.74) is 4.57. The van der Waals surface area contributed by atoms with Crippen LogP contribution in [0.15, 0.2) is 78.9 Å². The van der Waals surface area contributed by atoms with E-state index in [1.807, 2.05) is 85.9 Å². The largest absolute Gasteiger partial charge is 0.465 e. The summed E-state index contributed by atoms with van der Waals surface area (Å²) in [4.78, 5) is 40.6. The number of hydrogen-bond donors (Lipinski definition) is 4. The minimum Gasteiger partial charge on any atom is -0.465 e. The molecule has 0 spiro atoms. The van der Waals surface area contributed by atoms with Gasteiger partial charge in [-0.15, -0.1) is 5.10 Å². The zero-order valence-corrected chi connectivity index (χ0v) is 23.4. The van der Waals surface area contributed by atoms with Gasteiger partial charge in [0, 0.05) is 32.7 Å². The third-order valence-electron chi connectivity index (χ3n) is 7.63. The number of carbonyl (C=O) groups excluding carboxylic acids is 2. The molecule has 4 aromatic rings. The van der Waals surface area contributed by atoms with Gasteiger partial charge in [0.1, 0.15) is 17.6 Å². The van der Waals surface area contributed by atoms with Gasteiger partial charge in [0.25, 0.3) is 0 Å². The van der Waals surface area contributed by atoms with Crippen molar-refractivity contribution in [2.24, 2.45) is 7.05 Å². The summed E-state index contributed by atoms with van der Waals surface area (Å²) < 4.78 is 1.68. The first-order valence-corrected chi connectivity index (χ1v) is 14.0. The lowest BCUT2D eigenvalue weighted by molar-refractivity contribution is -0.140. The molecule has 3 aromatic carbocycles. The highest BCUT2D eigenvalue weighted by atomic mass is 16.4. The molecule has 42 heavy (non-hydrogen) atoms. The number of hydrogen-bond acceptors (Lipinski definition) is 6. The molecule has 1 unspecified atom stereocenters. The predicted molar refractivity (Wildman–Crippen MR) is 157 cm³/mol. The summed E-state index contributed by atoms with van der Waals surface area (Å²) in [6.45, 7) is 1.14. The van der Waals surface area contributed by atoms with Crippen LogP contribution in [0.2, 0.25) is 0 Å². The monoisotopic (exact) mass is 569 g/mol. The molecule has 1 aromatic heterocycles. The Labute approximate surface area is 243 Å². The van der Waals surface area contributed by atoms with Crippen molar-refractivity contribution in [1.29, 1.82) is 0 Å². The number of aryl methyl sites for hydroxylation is 2. The van der Waals surface area contributed by atoms with Gasteiger partial charge in [-0.25, -0.2) is 9.48 Å². The van der Waals surface area contributed by atoms with Gasteiger partial charge >= 0.3 is 6.09 Å². The number of carboxylic acid groups (broad SMARTS) is 1. The highest BCUT2D eigenvalue weighted by Gasteiger charge is 2.41. The molecule has 1 aliphatic heterocycles. The summed E-state index contributed by atoms with van der Waals surface area (Å²) in [6.07, 6.45) is -0.0745. The molecular formula is C31H35N7O4. The number of aromatic nitrogens is 3. The van der Waals surface area contributed by atoms with Crippen molar-refractivity contribution in [2.75, 3.05) is 6.54 Å². The fourth-order valence-corrected chi connectivity index (χ4v) is 5.40. The van der Waals surface area contributed by atoms with Crippen molar-refractivity contribution in [3.8, 4) is 0 Å². The number of amides is 3. The lowest BCUT2D eigenvalue weighted by Crippen LogP contribution is -2.53. The quantitative estimate of drug-likeness (QED) is 0.218. The molecule has 0 radical (unpaired) electrons. The average Bonchev–Trinajstić information content (AvgIpc) is 3.61. The van der Waals surface area contributed by atoms with E-state index in [4.69, 9.17) is 0 Å². The first-order valence-electron chi connectivity index (χ1n) is 14.0. The molecule has 3 atom stereocenters. The summed E-state index contributed by atoms with van der Waals surface area (Å²) in [5.74, 6) is -0.692. The minimum atomic E-state index is -1.28. The summed E-state index contributed by atoms with van der Waals surface area (Å²) in [7, 11) is 1.82. The molecule has 0 bridgehead atoms. The van der Waals surface area contributed by atoms with Crippen molar-refractivity contribution in [1.82, 2.24) is 35.8 Å². The number of nitrogens with one attached hydrogen (secondary N) is 3. The Kier molecular flexibility index (Phi) is 9.08. The van der Waals surface area contributed by atoms with Crippen molar-refractivity contribution in [3.05, 3.63) is 95.6 Å². The zero-order valence-electron chi connectivity index (χ0n) is 23.4. The number of rotatable bonds is 11. The van der Waals surface area contributed by atoms with E-state index in [9.17, 15) is 19.5 Å². The summed E-state index contributed by atoms with van der Waals surface area (Å²) in [5, 5.41) is 26.5. The van der Waals surface area contributed by atoms with Crippen molar-refractivity contribution in [3.63, 3.8) is 0 Å². The zero-order chi connectivity index (χ0) is 29.5. The second-order valence-corrected chi connectivity index (χ2v) is 10.6. The molecule has 11 heteroatoms. The second kappa shape index (κ2) is 13.3. The SMILES string of the molecule is Cn1nnc2cc(CNC(=O)[C@@H]3C[C@H](NCc4ccccc4)CN3C(=O)C(CCc3ccccc3)NC(=O)O)ccc21. The first-order chi connectivity index (χ1) is 20.4. The number of fused-ring (bicyclic) bond motifs is 1. The van der Waals surface area contributed by atoms with Gasteiger partial charge in [0.05, 0.1) is 5.52 Å². The second-order valence-electron chi connectivity index (χ2n) is 10.6. The maximum Gasteiger partial charge on any atom is 0.405 e. The fraction of sp³-hybridized carbons (Fsp3) is 0.323. The van der Waals surface area contributed by atoms with Crippen LogP contribution in [-0.4, -0.2) is 67.6 Å². The molecule has 1 saturated heterocycles. The maximum absolute atomic E-state index is 13.8. The molecule has 2 heterocycles. The van der Waals surface area contributed by atoms with E-state index < -0.39 is 24.1 Å². The van der Waals surface area contributed by atoms with E-state index in [2.05, 4.69) is 26.3 Å². The van der Waals surface area contributed by atoms with E-state index in [1.54, 1.807) is 4.68 Å². The first kappa shape index (κ1) is 28.7. The normalized spacial score (nSPS) is 17.2. The number of benzene rings is 3. The molecule has 0 saturated carbocycles. The van der Waals surface area contributed by atoms with Crippen LogP contribution in [0, 0.1) is 0 Å². The van der Waals surface area contributed by atoms with Crippen LogP contribution in [0.4, 0.5) is 4.79 Å². The third-order valence-corrected chi connectivity index (χ3v) is 7.63. The van der Waals surface area contributed by atoms with Gasteiger partial charge < -0.3 is 26.0 Å². The smallest absolute Gasteiger partial charge is 0.405 e. The van der Waals surface area contributed by atoms with Crippen molar-refractivity contribution >= 4 is 28.9 Å². The lowest BCUT2D eigenvalue weighted by Gasteiger charge is -2.28. The number of nitrogens with zero attached hydrogens (tertiary/aromatic N) is 4. The average molecular weight is 570 g/mol. The molecule has 1 aliphatic rings. The Morgan fingerprint density at radius 1 is 0.952 bits per heavy atom. The van der Waals surface area contributed by atoms with Crippen LogP contribution in [0.25, 0.3) is 11.0 Å². The summed E-state index contributed by atoms with van der Waals surface area (Å²) in [6, 6.07) is 23.3.